The van der Waals surface area contributed by atoms with Crippen molar-refractivity contribution in [2.24, 2.45) is 5.73 Å². The van der Waals surface area contributed by atoms with E-state index in [0.29, 0.717) is 19.4 Å². The van der Waals surface area contributed by atoms with Crippen LogP contribution in [0.4, 0.5) is 0 Å². The van der Waals surface area contributed by atoms with Gasteiger partial charge in [-0.3, -0.25) is 14.4 Å². The van der Waals surface area contributed by atoms with Crippen molar-refractivity contribution in [2.75, 3.05) is 6.54 Å². The fourth-order valence-electron chi connectivity index (χ4n) is 2.43. The Morgan fingerprint density at radius 2 is 2.10 bits per heavy atom. The van der Waals surface area contributed by atoms with Crippen LogP contribution in [0, 0.1) is 0 Å². The molecule has 1 aliphatic heterocycles. The Labute approximate surface area is 124 Å². The van der Waals surface area contributed by atoms with Crippen LogP contribution < -0.4 is 11.1 Å². The standard InChI is InChI=1S/C14H25N3O4/c1-3-4-6-10(15)13(19)17-8-5-7-11(17)12(18)16-9(2)14(20)21/h9-11H,3-8,15H2,1-2H3,(H,16,18)(H,20,21)/t9-,10-,11-/m0/s1. The monoisotopic (exact) mass is 299 g/mol. The molecule has 21 heavy (non-hydrogen) atoms. The van der Waals surface area contributed by atoms with Gasteiger partial charge in [-0.15, -0.1) is 0 Å². The van der Waals surface area contributed by atoms with Gasteiger partial charge in [0.25, 0.3) is 0 Å². The molecule has 0 aromatic heterocycles. The lowest BCUT2D eigenvalue weighted by Crippen LogP contribution is -2.53. The Bertz CT molecular complexity index is 400. The number of rotatable bonds is 7. The predicted molar refractivity (Wildman–Crippen MR) is 77.5 cm³/mol. The number of carboxylic acids is 1. The van der Waals surface area contributed by atoms with Gasteiger partial charge in [0.15, 0.2) is 0 Å². The molecule has 0 unspecified atom stereocenters. The molecule has 3 atom stereocenters. The Morgan fingerprint density at radius 1 is 1.43 bits per heavy atom. The van der Waals surface area contributed by atoms with Gasteiger partial charge in [-0.05, 0) is 26.2 Å². The van der Waals surface area contributed by atoms with E-state index < -0.39 is 30.0 Å². The molecule has 0 bridgehead atoms. The Balaban J connectivity index is 2.63. The minimum Gasteiger partial charge on any atom is -0.480 e. The van der Waals surface area contributed by atoms with Gasteiger partial charge in [-0.2, -0.15) is 0 Å². The first-order chi connectivity index (χ1) is 9.88. The van der Waals surface area contributed by atoms with Gasteiger partial charge < -0.3 is 21.1 Å². The molecule has 0 aliphatic carbocycles. The third-order valence-electron chi connectivity index (χ3n) is 3.75. The molecule has 1 rings (SSSR count). The van der Waals surface area contributed by atoms with Gasteiger partial charge in [0.05, 0.1) is 6.04 Å². The average Bonchev–Trinajstić information content (AvgIpc) is 2.92. The predicted octanol–water partition coefficient (Wildman–Crippen LogP) is 0.0842. The van der Waals surface area contributed by atoms with Gasteiger partial charge in [0, 0.05) is 6.54 Å². The second-order valence-electron chi connectivity index (χ2n) is 5.51. The minimum absolute atomic E-state index is 0.218. The Morgan fingerprint density at radius 3 is 2.67 bits per heavy atom. The van der Waals surface area contributed by atoms with Crippen molar-refractivity contribution >= 4 is 17.8 Å². The van der Waals surface area contributed by atoms with Crippen LogP contribution in [0.15, 0.2) is 0 Å². The molecule has 0 spiro atoms. The molecule has 0 aromatic rings. The van der Waals surface area contributed by atoms with Crippen LogP contribution in [-0.2, 0) is 14.4 Å². The number of aliphatic carboxylic acids is 1. The number of carboxylic acid groups (broad SMARTS) is 1. The van der Waals surface area contributed by atoms with Crippen molar-refractivity contribution in [2.45, 2.75) is 64.1 Å². The van der Waals surface area contributed by atoms with Gasteiger partial charge in [-0.1, -0.05) is 19.8 Å². The maximum Gasteiger partial charge on any atom is 0.325 e. The highest BCUT2D eigenvalue weighted by molar-refractivity contribution is 5.92. The highest BCUT2D eigenvalue weighted by Crippen LogP contribution is 2.19. The number of hydrogen-bond donors (Lipinski definition) is 3. The van der Waals surface area contributed by atoms with Crippen molar-refractivity contribution < 1.29 is 19.5 Å². The minimum atomic E-state index is -1.10. The second kappa shape index (κ2) is 7.97. The fourth-order valence-corrected chi connectivity index (χ4v) is 2.43. The molecule has 0 aromatic carbocycles. The first-order valence-corrected chi connectivity index (χ1v) is 7.47. The molecule has 1 aliphatic rings. The number of nitrogens with two attached hydrogens (primary N) is 1. The van der Waals surface area contributed by atoms with Gasteiger partial charge in [0.2, 0.25) is 11.8 Å². The number of nitrogens with one attached hydrogen (secondary N) is 1. The normalized spacial score (nSPS) is 20.9. The quantitative estimate of drug-likeness (QED) is 0.616. The number of carbonyl (C=O) groups excluding carboxylic acids is 2. The lowest BCUT2D eigenvalue weighted by Gasteiger charge is -2.27. The van der Waals surface area contributed by atoms with Crippen molar-refractivity contribution in [3.63, 3.8) is 0 Å². The molecule has 7 nitrogen and oxygen atoms in total. The first kappa shape index (κ1) is 17.4. The van der Waals surface area contributed by atoms with E-state index in [1.807, 2.05) is 6.92 Å². The van der Waals surface area contributed by atoms with E-state index in [4.69, 9.17) is 10.8 Å². The van der Waals surface area contributed by atoms with Crippen LogP contribution >= 0.6 is 0 Å². The lowest BCUT2D eigenvalue weighted by atomic mass is 10.1. The third-order valence-corrected chi connectivity index (χ3v) is 3.75. The van der Waals surface area contributed by atoms with E-state index >= 15 is 0 Å². The summed E-state index contributed by atoms with van der Waals surface area (Å²) in [6.45, 7) is 3.92. The smallest absolute Gasteiger partial charge is 0.325 e. The largest absolute Gasteiger partial charge is 0.480 e. The van der Waals surface area contributed by atoms with E-state index in [1.165, 1.54) is 11.8 Å². The molecule has 2 amide bonds. The molecule has 0 radical (unpaired) electrons. The second-order valence-corrected chi connectivity index (χ2v) is 5.51. The summed E-state index contributed by atoms with van der Waals surface area (Å²) in [7, 11) is 0. The summed E-state index contributed by atoms with van der Waals surface area (Å²) in [4.78, 5) is 36.7. The van der Waals surface area contributed by atoms with Gasteiger partial charge in [0.1, 0.15) is 12.1 Å². The van der Waals surface area contributed by atoms with Gasteiger partial charge >= 0.3 is 5.97 Å². The number of carbonyl (C=O) groups is 3. The third kappa shape index (κ3) is 4.70. The van der Waals surface area contributed by atoms with Crippen molar-refractivity contribution in [3.8, 4) is 0 Å². The maximum atomic E-state index is 12.3. The zero-order chi connectivity index (χ0) is 16.0. The van der Waals surface area contributed by atoms with Crippen LogP contribution in [0.3, 0.4) is 0 Å². The number of unbranched alkanes of at least 4 members (excludes halogenated alkanes) is 1. The van der Waals surface area contributed by atoms with E-state index in [0.717, 1.165) is 19.3 Å². The molecular formula is C14H25N3O4. The first-order valence-electron chi connectivity index (χ1n) is 7.47. The SMILES string of the molecule is CCCC[C@H](N)C(=O)N1CCC[C@H]1C(=O)N[C@@H](C)C(=O)O. The fraction of sp³-hybridized carbons (Fsp3) is 0.786. The van der Waals surface area contributed by atoms with Crippen molar-refractivity contribution in [3.05, 3.63) is 0 Å². The molecule has 120 valence electrons. The van der Waals surface area contributed by atoms with Crippen molar-refractivity contribution in [1.82, 2.24) is 10.2 Å². The summed E-state index contributed by atoms with van der Waals surface area (Å²) < 4.78 is 0. The van der Waals surface area contributed by atoms with E-state index in [-0.39, 0.29) is 5.91 Å². The Kier molecular flexibility index (Phi) is 6.61. The Hall–Kier alpha value is -1.63. The van der Waals surface area contributed by atoms with Crippen LogP contribution in [0.25, 0.3) is 0 Å². The molecular weight excluding hydrogens is 274 g/mol. The summed E-state index contributed by atoms with van der Waals surface area (Å²) in [6, 6.07) is -2.16. The number of likely N-dealkylation sites (tertiary alicyclic amines) is 1. The van der Waals surface area contributed by atoms with E-state index in [2.05, 4.69) is 5.32 Å². The highest BCUT2D eigenvalue weighted by Gasteiger charge is 2.36. The molecule has 1 saturated heterocycles. The summed E-state index contributed by atoms with van der Waals surface area (Å²) in [5.74, 6) is -1.73. The summed E-state index contributed by atoms with van der Waals surface area (Å²) in [5.41, 5.74) is 5.88. The van der Waals surface area contributed by atoms with Crippen LogP contribution in [0.5, 0.6) is 0 Å². The summed E-state index contributed by atoms with van der Waals surface area (Å²) in [6.07, 6.45) is 3.70. The summed E-state index contributed by atoms with van der Waals surface area (Å²) >= 11 is 0. The molecule has 1 fully saturated rings. The maximum absolute atomic E-state index is 12.3. The van der Waals surface area contributed by atoms with E-state index in [9.17, 15) is 14.4 Å². The zero-order valence-corrected chi connectivity index (χ0v) is 12.7. The van der Waals surface area contributed by atoms with Crippen LogP contribution in [0.2, 0.25) is 0 Å². The number of amides is 2. The molecule has 7 heteroatoms. The molecule has 1 heterocycles. The number of hydrogen-bond acceptors (Lipinski definition) is 4. The topological polar surface area (TPSA) is 113 Å². The number of nitrogens with zero attached hydrogens (tertiary/aromatic N) is 1. The van der Waals surface area contributed by atoms with Crippen LogP contribution in [-0.4, -0.2) is 52.5 Å². The van der Waals surface area contributed by atoms with E-state index in [1.54, 1.807) is 0 Å². The van der Waals surface area contributed by atoms with Gasteiger partial charge in [-0.25, -0.2) is 0 Å². The summed E-state index contributed by atoms with van der Waals surface area (Å²) in [5, 5.41) is 11.2. The zero-order valence-electron chi connectivity index (χ0n) is 12.7. The highest BCUT2D eigenvalue weighted by atomic mass is 16.4. The molecule has 0 saturated carbocycles. The average molecular weight is 299 g/mol. The van der Waals surface area contributed by atoms with Crippen molar-refractivity contribution in [1.29, 1.82) is 0 Å². The lowest BCUT2D eigenvalue weighted by molar-refractivity contribution is -0.143. The molecule has 4 N–H and O–H groups in total. The van der Waals surface area contributed by atoms with Crippen LogP contribution in [0.1, 0.15) is 46.0 Å².